The molecule has 0 unspecified atom stereocenters. The first-order chi connectivity index (χ1) is 28.5. The van der Waals surface area contributed by atoms with Crippen LogP contribution in [-0.2, 0) is 10.8 Å². The van der Waals surface area contributed by atoms with Crippen LogP contribution < -0.4 is 36.0 Å². The molecule has 0 N–H and O–H groups in total. The average Bonchev–Trinajstić information content (AvgIpc) is 3.24. The Morgan fingerprint density at radius 3 is 1.51 bits per heavy atom. The molecule has 6 aromatic carbocycles. The molecule has 0 radical (unpaired) electrons. The number of para-hydroxylation sites is 3. The summed E-state index contributed by atoms with van der Waals surface area (Å²) in [6.07, 6.45) is 0. The van der Waals surface area contributed by atoms with Crippen molar-refractivity contribution >= 4 is 80.2 Å². The molecule has 7 aromatic rings. The van der Waals surface area contributed by atoms with Crippen LogP contribution >= 0.6 is 0 Å². The van der Waals surface area contributed by atoms with E-state index in [1.165, 1.54) is 44.6 Å². The molecule has 59 heavy (non-hydrogen) atoms. The van der Waals surface area contributed by atoms with Gasteiger partial charge in [0.05, 0.1) is 0 Å². The fourth-order valence-corrected chi connectivity index (χ4v) is 9.01. The molecule has 5 nitrogen and oxygen atoms in total. The first kappa shape index (κ1) is 38.3. The number of aromatic nitrogens is 1. The van der Waals surface area contributed by atoms with Crippen molar-refractivity contribution in [3.05, 3.63) is 169 Å². The van der Waals surface area contributed by atoms with Gasteiger partial charge in [-0.2, -0.15) is 0 Å². The summed E-state index contributed by atoms with van der Waals surface area (Å²) < 4.78 is 0. The van der Waals surface area contributed by atoms with Gasteiger partial charge in [0.1, 0.15) is 11.6 Å². The van der Waals surface area contributed by atoms with Crippen LogP contribution in [-0.4, -0.2) is 24.8 Å². The molecular weight excluding hydrogens is 717 g/mol. The van der Waals surface area contributed by atoms with Crippen LogP contribution in [0.4, 0.5) is 57.1 Å². The second kappa shape index (κ2) is 14.8. The molecule has 0 spiro atoms. The van der Waals surface area contributed by atoms with Gasteiger partial charge in [0.2, 0.25) is 0 Å². The van der Waals surface area contributed by atoms with Crippen LogP contribution in [0.25, 0.3) is 0 Å². The zero-order chi connectivity index (χ0) is 41.1. The topological polar surface area (TPSA) is 25.9 Å². The van der Waals surface area contributed by atoms with E-state index in [9.17, 15) is 0 Å². The smallest absolute Gasteiger partial charge is 0.254 e. The van der Waals surface area contributed by atoms with Crippen LogP contribution in [0.1, 0.15) is 66.5 Å². The summed E-state index contributed by atoms with van der Waals surface area (Å²) in [4.78, 5) is 15.5. The van der Waals surface area contributed by atoms with Crippen LogP contribution in [0.15, 0.2) is 158 Å². The Morgan fingerprint density at radius 2 is 0.983 bits per heavy atom. The molecule has 2 aliphatic heterocycles. The Hall–Kier alpha value is -6.27. The summed E-state index contributed by atoms with van der Waals surface area (Å²) in [5.41, 5.74) is 15.6. The van der Waals surface area contributed by atoms with Crippen molar-refractivity contribution in [2.24, 2.45) is 0 Å². The molecule has 0 fully saturated rings. The highest BCUT2D eigenvalue weighted by molar-refractivity contribution is 7.00. The maximum Gasteiger partial charge on any atom is 0.254 e. The van der Waals surface area contributed by atoms with Crippen molar-refractivity contribution in [1.29, 1.82) is 0 Å². The van der Waals surface area contributed by atoms with Gasteiger partial charge in [-0.1, -0.05) is 126 Å². The maximum absolute atomic E-state index is 5.81. The van der Waals surface area contributed by atoms with Gasteiger partial charge in [0.25, 0.3) is 6.71 Å². The van der Waals surface area contributed by atoms with E-state index in [0.717, 1.165) is 53.2 Å². The Kier molecular flexibility index (Phi) is 9.62. The zero-order valence-electron chi connectivity index (χ0n) is 35.7. The highest BCUT2D eigenvalue weighted by Crippen LogP contribution is 2.46. The SMILES string of the molecule is CCN(CC)c1cc2c3c(c1)N(c1ccccc1)c1nc(N(c4ccc(C(C)(C)C)cc4)c4ccc(C(C)(C)C)cc4)ccc1B3c1ccccc1N2c1ccccc1. The quantitative estimate of drug-likeness (QED) is 0.143. The number of anilines is 10. The number of rotatable bonds is 8. The van der Waals surface area contributed by atoms with Gasteiger partial charge in [0.15, 0.2) is 0 Å². The van der Waals surface area contributed by atoms with E-state index in [1.807, 2.05) is 0 Å². The highest BCUT2D eigenvalue weighted by atomic mass is 15.3. The molecule has 3 heterocycles. The Balaban J connectivity index is 1.32. The third-order valence-electron chi connectivity index (χ3n) is 12.2. The van der Waals surface area contributed by atoms with Gasteiger partial charge >= 0.3 is 0 Å². The second-order valence-electron chi connectivity index (χ2n) is 17.9. The minimum absolute atomic E-state index is 0.0241. The van der Waals surface area contributed by atoms with Crippen molar-refractivity contribution < 1.29 is 0 Å². The second-order valence-corrected chi connectivity index (χ2v) is 17.9. The summed E-state index contributed by atoms with van der Waals surface area (Å²) in [5, 5.41) is 0. The zero-order valence-corrected chi connectivity index (χ0v) is 35.7. The van der Waals surface area contributed by atoms with Crippen LogP contribution in [0.2, 0.25) is 0 Å². The van der Waals surface area contributed by atoms with E-state index in [1.54, 1.807) is 0 Å². The van der Waals surface area contributed by atoms with Crippen molar-refractivity contribution in [3.8, 4) is 0 Å². The lowest BCUT2D eigenvalue weighted by Crippen LogP contribution is -2.61. The molecule has 1 aromatic heterocycles. The minimum Gasteiger partial charge on any atom is -0.372 e. The predicted molar refractivity (Wildman–Crippen MR) is 254 cm³/mol. The van der Waals surface area contributed by atoms with E-state index in [-0.39, 0.29) is 17.5 Å². The van der Waals surface area contributed by atoms with Crippen molar-refractivity contribution in [2.75, 3.05) is 32.7 Å². The fourth-order valence-electron chi connectivity index (χ4n) is 9.01. The molecule has 0 atom stereocenters. The average molecular weight is 772 g/mol. The normalized spacial score (nSPS) is 13.1. The van der Waals surface area contributed by atoms with E-state index >= 15 is 0 Å². The molecule has 6 heteroatoms. The Morgan fingerprint density at radius 1 is 0.492 bits per heavy atom. The fraction of sp³-hybridized carbons (Fsp3) is 0.226. The van der Waals surface area contributed by atoms with E-state index in [0.29, 0.717) is 0 Å². The molecule has 9 rings (SSSR count). The van der Waals surface area contributed by atoms with E-state index < -0.39 is 0 Å². The van der Waals surface area contributed by atoms with Crippen molar-refractivity contribution in [3.63, 3.8) is 0 Å². The van der Waals surface area contributed by atoms with Crippen LogP contribution in [0, 0.1) is 0 Å². The third-order valence-corrected chi connectivity index (χ3v) is 12.2. The molecular formula is C53H54BN5. The summed E-state index contributed by atoms with van der Waals surface area (Å²) >= 11 is 0. The minimum atomic E-state index is -0.0241. The molecule has 0 saturated carbocycles. The maximum atomic E-state index is 5.81. The Bertz CT molecular complexity index is 2550. The monoisotopic (exact) mass is 771 g/mol. The third kappa shape index (κ3) is 6.75. The molecule has 0 aliphatic carbocycles. The number of hydrogen-bond donors (Lipinski definition) is 0. The van der Waals surface area contributed by atoms with Gasteiger partial charge in [-0.05, 0) is 125 Å². The largest absolute Gasteiger partial charge is 0.372 e. The number of nitrogens with zero attached hydrogens (tertiary/aromatic N) is 5. The standard InChI is InChI=1S/C53H54BN5/c1-9-56(10-2)43-35-47-50-48(36-43)59(40-21-15-12-16-22-40)51-45(54(50)44-23-17-18-24-46(44)58(47)39-19-13-11-14-20-39)33-34-49(55-51)57(41-29-25-37(26-30-41)52(3,4)5)42-31-27-38(28-32-42)53(6,7)8/h11-36H,9-10H2,1-8H3. The van der Waals surface area contributed by atoms with Gasteiger partial charge in [-0.25, -0.2) is 4.98 Å². The van der Waals surface area contributed by atoms with Crippen molar-refractivity contribution in [2.45, 2.75) is 66.2 Å². The molecule has 294 valence electrons. The molecule has 0 bridgehead atoms. The highest BCUT2D eigenvalue weighted by Gasteiger charge is 2.44. The van der Waals surface area contributed by atoms with Crippen LogP contribution in [0.5, 0.6) is 0 Å². The number of pyridine rings is 1. The summed E-state index contributed by atoms with van der Waals surface area (Å²) in [6.45, 7) is 19.9. The van der Waals surface area contributed by atoms with E-state index in [2.05, 4.69) is 233 Å². The van der Waals surface area contributed by atoms with Gasteiger partial charge in [-0.3, -0.25) is 9.80 Å². The van der Waals surface area contributed by atoms with Gasteiger partial charge < -0.3 is 9.80 Å². The van der Waals surface area contributed by atoms with Crippen molar-refractivity contribution in [1.82, 2.24) is 4.98 Å². The predicted octanol–water partition coefficient (Wildman–Crippen LogP) is 12.1. The molecule has 2 aliphatic rings. The van der Waals surface area contributed by atoms with E-state index in [4.69, 9.17) is 4.98 Å². The lowest BCUT2D eigenvalue weighted by molar-refractivity contribution is 0.590. The van der Waals surface area contributed by atoms with Gasteiger partial charge in [0, 0.05) is 58.6 Å². The van der Waals surface area contributed by atoms with Crippen LogP contribution in [0.3, 0.4) is 0 Å². The Labute approximate surface area is 351 Å². The first-order valence-corrected chi connectivity index (χ1v) is 21.2. The lowest BCUT2D eigenvalue weighted by Gasteiger charge is -2.44. The lowest BCUT2D eigenvalue weighted by atomic mass is 9.33. The molecule has 0 saturated heterocycles. The number of hydrogen-bond acceptors (Lipinski definition) is 5. The number of benzene rings is 6. The first-order valence-electron chi connectivity index (χ1n) is 21.2. The summed E-state index contributed by atoms with van der Waals surface area (Å²) in [5.74, 6) is 1.81. The number of fused-ring (bicyclic) bond motifs is 4. The summed E-state index contributed by atoms with van der Waals surface area (Å²) in [7, 11) is 0. The summed E-state index contributed by atoms with van der Waals surface area (Å²) in [6, 6.07) is 58.1. The van der Waals surface area contributed by atoms with Gasteiger partial charge in [-0.15, -0.1) is 0 Å². The molecule has 0 amide bonds.